The van der Waals surface area contributed by atoms with E-state index in [1.54, 1.807) is 21.3 Å². The van der Waals surface area contributed by atoms with Crippen molar-refractivity contribution < 1.29 is 24.4 Å². The highest BCUT2D eigenvalue weighted by Crippen LogP contribution is 2.38. The molecule has 0 fully saturated rings. The lowest BCUT2D eigenvalue weighted by Crippen LogP contribution is -2.28. The molecule has 6 nitrogen and oxygen atoms in total. The molecule has 1 rings (SSSR count). The second-order valence-corrected chi connectivity index (χ2v) is 4.00. The molecular weight excluding hydrogens is 250 g/mol. The first kappa shape index (κ1) is 15.6. The van der Waals surface area contributed by atoms with Crippen LogP contribution in [0.2, 0.25) is 0 Å². The van der Waals surface area contributed by atoms with E-state index >= 15 is 0 Å². The fourth-order valence-electron chi connectivity index (χ4n) is 1.69. The van der Waals surface area contributed by atoms with Crippen molar-refractivity contribution in [3.8, 4) is 17.2 Å². The van der Waals surface area contributed by atoms with Crippen molar-refractivity contribution in [2.75, 3.05) is 34.5 Å². The van der Waals surface area contributed by atoms with Gasteiger partial charge in [0.2, 0.25) is 5.75 Å². The van der Waals surface area contributed by atoms with Gasteiger partial charge in [-0.3, -0.25) is 0 Å². The van der Waals surface area contributed by atoms with Crippen LogP contribution >= 0.6 is 0 Å². The van der Waals surface area contributed by atoms with Gasteiger partial charge in [0.25, 0.3) is 0 Å². The van der Waals surface area contributed by atoms with Gasteiger partial charge in [-0.25, -0.2) is 0 Å². The van der Waals surface area contributed by atoms with E-state index in [1.807, 2.05) is 12.1 Å². The number of hydrogen-bond donors (Lipinski definition) is 3. The van der Waals surface area contributed by atoms with Crippen LogP contribution in [0.1, 0.15) is 5.56 Å². The molecule has 3 N–H and O–H groups in total. The lowest BCUT2D eigenvalue weighted by atomic mass is 10.1. The number of nitrogens with one attached hydrogen (secondary N) is 1. The van der Waals surface area contributed by atoms with Crippen LogP contribution in [0.5, 0.6) is 17.2 Å². The Kier molecular flexibility index (Phi) is 6.41. The standard InChI is InChI=1S/C13H21NO5/c1-17-11-4-9(6-14-7-10(16)8-15)5-12(18-2)13(11)19-3/h4-5,10,14-16H,6-8H2,1-3H3. The van der Waals surface area contributed by atoms with Gasteiger partial charge >= 0.3 is 0 Å². The van der Waals surface area contributed by atoms with Gasteiger partial charge in [0.1, 0.15) is 0 Å². The summed E-state index contributed by atoms with van der Waals surface area (Å²) in [6.45, 7) is 0.573. The van der Waals surface area contributed by atoms with Crippen LogP contribution in [0.3, 0.4) is 0 Å². The number of ether oxygens (including phenoxy) is 3. The number of methoxy groups -OCH3 is 3. The first-order valence-electron chi connectivity index (χ1n) is 5.94. The Labute approximate surface area is 112 Å². The van der Waals surface area contributed by atoms with Gasteiger partial charge < -0.3 is 29.7 Å². The third-order valence-electron chi connectivity index (χ3n) is 2.64. The van der Waals surface area contributed by atoms with Gasteiger partial charge in [-0.15, -0.1) is 0 Å². The monoisotopic (exact) mass is 271 g/mol. The zero-order chi connectivity index (χ0) is 14.3. The number of benzene rings is 1. The number of aliphatic hydroxyl groups excluding tert-OH is 2. The molecule has 0 radical (unpaired) electrons. The Balaban J connectivity index is 2.79. The topological polar surface area (TPSA) is 80.2 Å². The van der Waals surface area contributed by atoms with E-state index in [1.165, 1.54) is 0 Å². The van der Waals surface area contributed by atoms with Crippen molar-refractivity contribution in [1.29, 1.82) is 0 Å². The lowest BCUT2D eigenvalue weighted by molar-refractivity contribution is 0.0942. The highest BCUT2D eigenvalue weighted by molar-refractivity contribution is 5.53. The van der Waals surface area contributed by atoms with E-state index in [4.69, 9.17) is 19.3 Å². The summed E-state index contributed by atoms with van der Waals surface area (Å²) in [5.74, 6) is 1.71. The second kappa shape index (κ2) is 7.83. The zero-order valence-electron chi connectivity index (χ0n) is 11.5. The van der Waals surface area contributed by atoms with Crippen LogP contribution in [0.15, 0.2) is 12.1 Å². The van der Waals surface area contributed by atoms with E-state index < -0.39 is 6.10 Å². The van der Waals surface area contributed by atoms with Crippen LogP contribution in [0.25, 0.3) is 0 Å². The molecule has 0 aliphatic heterocycles. The first-order chi connectivity index (χ1) is 9.15. The summed E-state index contributed by atoms with van der Waals surface area (Å²) < 4.78 is 15.7. The molecule has 1 atom stereocenters. The largest absolute Gasteiger partial charge is 0.493 e. The number of aliphatic hydroxyl groups is 2. The van der Waals surface area contributed by atoms with Crippen molar-refractivity contribution in [3.05, 3.63) is 17.7 Å². The van der Waals surface area contributed by atoms with Crippen LogP contribution < -0.4 is 19.5 Å². The predicted molar refractivity (Wildman–Crippen MR) is 70.9 cm³/mol. The van der Waals surface area contributed by atoms with Gasteiger partial charge in [-0.2, -0.15) is 0 Å². The maximum atomic E-state index is 9.24. The zero-order valence-corrected chi connectivity index (χ0v) is 11.5. The molecule has 0 saturated carbocycles. The number of hydrogen-bond acceptors (Lipinski definition) is 6. The molecule has 108 valence electrons. The molecule has 1 aromatic rings. The summed E-state index contributed by atoms with van der Waals surface area (Å²) in [4.78, 5) is 0. The predicted octanol–water partition coefficient (Wildman–Crippen LogP) is 0.155. The van der Waals surface area contributed by atoms with Crippen molar-refractivity contribution in [1.82, 2.24) is 5.32 Å². The highest BCUT2D eigenvalue weighted by Gasteiger charge is 2.13. The van der Waals surface area contributed by atoms with Gasteiger partial charge in [0.15, 0.2) is 11.5 Å². The average Bonchev–Trinajstić information content (AvgIpc) is 2.45. The Bertz CT molecular complexity index is 372. The van der Waals surface area contributed by atoms with E-state index in [0.717, 1.165) is 5.56 Å². The summed E-state index contributed by atoms with van der Waals surface area (Å²) in [6.07, 6.45) is -0.762. The molecule has 0 heterocycles. The van der Waals surface area contributed by atoms with Crippen molar-refractivity contribution >= 4 is 0 Å². The quantitative estimate of drug-likeness (QED) is 0.625. The minimum atomic E-state index is -0.762. The van der Waals surface area contributed by atoms with Crippen LogP contribution in [0.4, 0.5) is 0 Å². The smallest absolute Gasteiger partial charge is 0.203 e. The highest BCUT2D eigenvalue weighted by atomic mass is 16.5. The molecule has 0 aromatic heterocycles. The minimum Gasteiger partial charge on any atom is -0.493 e. The molecule has 0 saturated heterocycles. The maximum absolute atomic E-state index is 9.24. The van der Waals surface area contributed by atoms with Gasteiger partial charge in [0.05, 0.1) is 34.0 Å². The van der Waals surface area contributed by atoms with E-state index in [9.17, 15) is 5.11 Å². The summed E-state index contributed by atoms with van der Waals surface area (Å²) >= 11 is 0. The summed E-state index contributed by atoms with van der Waals surface area (Å²) in [5, 5.41) is 21.0. The number of rotatable bonds is 8. The minimum absolute atomic E-state index is 0.262. The van der Waals surface area contributed by atoms with E-state index in [2.05, 4.69) is 5.32 Å². The summed E-state index contributed by atoms with van der Waals surface area (Å²) in [7, 11) is 4.67. The molecule has 0 amide bonds. The Morgan fingerprint density at radius 3 is 2.11 bits per heavy atom. The molecule has 19 heavy (non-hydrogen) atoms. The lowest BCUT2D eigenvalue weighted by Gasteiger charge is -2.15. The molecule has 6 heteroatoms. The molecule has 0 aliphatic carbocycles. The Morgan fingerprint density at radius 1 is 1.11 bits per heavy atom. The van der Waals surface area contributed by atoms with Crippen molar-refractivity contribution in [2.45, 2.75) is 12.6 Å². The summed E-state index contributed by atoms with van der Waals surface area (Å²) in [5.41, 5.74) is 0.930. The third-order valence-corrected chi connectivity index (χ3v) is 2.64. The molecule has 1 aromatic carbocycles. The molecule has 0 bridgehead atoms. The Morgan fingerprint density at radius 2 is 1.68 bits per heavy atom. The van der Waals surface area contributed by atoms with Gasteiger partial charge in [0, 0.05) is 13.1 Å². The fourth-order valence-corrected chi connectivity index (χ4v) is 1.69. The van der Waals surface area contributed by atoms with Crippen molar-refractivity contribution in [3.63, 3.8) is 0 Å². The normalized spacial score (nSPS) is 12.1. The van der Waals surface area contributed by atoms with Gasteiger partial charge in [-0.05, 0) is 17.7 Å². The molecule has 1 unspecified atom stereocenters. The fraction of sp³-hybridized carbons (Fsp3) is 0.538. The van der Waals surface area contributed by atoms with Crippen LogP contribution in [-0.2, 0) is 6.54 Å². The molecular formula is C13H21NO5. The third kappa shape index (κ3) is 4.27. The van der Waals surface area contributed by atoms with Crippen LogP contribution in [-0.4, -0.2) is 50.8 Å². The van der Waals surface area contributed by atoms with Crippen molar-refractivity contribution in [2.24, 2.45) is 0 Å². The van der Waals surface area contributed by atoms with Crippen LogP contribution in [0, 0.1) is 0 Å². The Hall–Kier alpha value is -1.50. The maximum Gasteiger partial charge on any atom is 0.203 e. The molecule has 0 aliphatic rings. The van der Waals surface area contributed by atoms with E-state index in [0.29, 0.717) is 30.3 Å². The average molecular weight is 271 g/mol. The molecule has 0 spiro atoms. The second-order valence-electron chi connectivity index (χ2n) is 4.00. The van der Waals surface area contributed by atoms with E-state index in [-0.39, 0.29) is 6.61 Å². The SMILES string of the molecule is COc1cc(CNCC(O)CO)cc(OC)c1OC. The van der Waals surface area contributed by atoms with Gasteiger partial charge in [-0.1, -0.05) is 0 Å². The summed E-state index contributed by atoms with van der Waals surface area (Å²) in [6, 6.07) is 3.67. The first-order valence-corrected chi connectivity index (χ1v) is 5.94.